The lowest BCUT2D eigenvalue weighted by Crippen LogP contribution is -2.37. The van der Waals surface area contributed by atoms with Gasteiger partial charge in [0.15, 0.2) is 22.9 Å². The van der Waals surface area contributed by atoms with Crippen LogP contribution < -0.4 is 16.2 Å². The van der Waals surface area contributed by atoms with E-state index in [-0.39, 0.29) is 43.5 Å². The molecular weight excluding hydrogens is 585 g/mol. The quantitative estimate of drug-likeness (QED) is 0.136. The largest absolute Gasteiger partial charge is 0.382 e. The Morgan fingerprint density at radius 2 is 1.61 bits per heavy atom. The number of ether oxygens (including phenoxy) is 2. The van der Waals surface area contributed by atoms with E-state index in [1.807, 2.05) is 4.72 Å². The van der Waals surface area contributed by atoms with Crippen LogP contribution in [0.5, 0.6) is 0 Å². The van der Waals surface area contributed by atoms with Crippen LogP contribution in [-0.2, 0) is 33.4 Å². The highest BCUT2D eigenvalue weighted by Gasteiger charge is 2.40. The average Bonchev–Trinajstić information content (AvgIpc) is 3.71. The first-order chi connectivity index (χ1) is 19.7. The van der Waals surface area contributed by atoms with Crippen molar-refractivity contribution in [1.82, 2.24) is 43.8 Å². The fraction of sp³-hybridized carbons (Fsp3) is 0.500. The first-order valence-electron chi connectivity index (χ1n) is 12.4. The van der Waals surface area contributed by atoms with Crippen molar-refractivity contribution in [2.45, 2.75) is 50.0 Å². The van der Waals surface area contributed by atoms with Crippen molar-refractivity contribution in [3.8, 4) is 0 Å². The summed E-state index contributed by atoms with van der Waals surface area (Å²) >= 11 is 0. The van der Waals surface area contributed by atoms with Crippen molar-refractivity contribution < 1.29 is 36.1 Å². The maximum Gasteiger partial charge on any atom is 0.333 e. The van der Waals surface area contributed by atoms with E-state index >= 15 is 0 Å². The Balaban J connectivity index is 1.08. The maximum atomic E-state index is 12.8. The Morgan fingerprint density at radius 3 is 2.24 bits per heavy atom. The molecule has 2 saturated heterocycles. The Labute approximate surface area is 232 Å². The van der Waals surface area contributed by atoms with Crippen LogP contribution in [0.3, 0.4) is 0 Å². The number of aromatic nitrogens is 8. The van der Waals surface area contributed by atoms with Crippen molar-refractivity contribution in [3.05, 3.63) is 25.3 Å². The van der Waals surface area contributed by atoms with Crippen molar-refractivity contribution >= 4 is 52.5 Å². The zero-order valence-corrected chi connectivity index (χ0v) is 23.0. The Hall–Kier alpha value is -3.36. The van der Waals surface area contributed by atoms with Crippen LogP contribution in [0.25, 0.3) is 22.3 Å². The summed E-state index contributed by atoms with van der Waals surface area (Å²) in [5.74, 6) is 0.446. The molecule has 220 valence electrons. The number of nitrogens with one attached hydrogen (secondary N) is 1. The molecular formula is C20H26N11O8PS. The molecule has 0 amide bonds. The summed E-state index contributed by atoms with van der Waals surface area (Å²) in [6.45, 7) is -0.357. The Morgan fingerprint density at radius 1 is 0.976 bits per heavy atom. The van der Waals surface area contributed by atoms with Gasteiger partial charge in [-0.2, -0.15) is 13.1 Å². The number of hydrogen-bond donors (Lipinski definition) is 4. The third-order valence-corrected chi connectivity index (χ3v) is 8.19. The van der Waals surface area contributed by atoms with Crippen LogP contribution in [0, 0.1) is 0 Å². The SMILES string of the molecule is Nc1ncnc2c1ncn2[C@H]1CC[C@@H](CO[PH](=O)O[C@H]2C[C@H](n3cnc4c(N)ncnc43)O[C@@H]2CNS(=O)(=O)O)O1. The summed E-state index contributed by atoms with van der Waals surface area (Å²) in [7, 11) is -7.59. The van der Waals surface area contributed by atoms with Crippen LogP contribution in [0.1, 0.15) is 31.7 Å². The van der Waals surface area contributed by atoms with Gasteiger partial charge in [0.2, 0.25) is 0 Å². The van der Waals surface area contributed by atoms with Gasteiger partial charge >= 0.3 is 18.6 Å². The number of fused-ring (bicyclic) bond motifs is 2. The molecule has 6 atom stereocenters. The molecule has 0 aromatic carbocycles. The fourth-order valence-corrected chi connectivity index (χ4v) is 6.12. The molecule has 2 aliphatic heterocycles. The highest BCUT2D eigenvalue weighted by molar-refractivity contribution is 7.83. The second kappa shape index (κ2) is 11.1. The Bertz CT molecular complexity index is 1700. The number of imidazole rings is 2. The number of hydrogen-bond acceptors (Lipinski definition) is 15. The van der Waals surface area contributed by atoms with E-state index in [1.165, 1.54) is 19.0 Å². The van der Waals surface area contributed by atoms with E-state index in [0.29, 0.717) is 35.2 Å². The molecule has 6 rings (SSSR count). The van der Waals surface area contributed by atoms with Crippen molar-refractivity contribution in [2.75, 3.05) is 24.6 Å². The van der Waals surface area contributed by atoms with E-state index < -0.39 is 37.0 Å². The second-order valence-corrected chi connectivity index (χ2v) is 11.6. The molecule has 0 radical (unpaired) electrons. The topological polar surface area (TPSA) is 260 Å². The standard InChI is InChI=1S/C20H26N11O8PS/c21-17-15-19(25-6-23-17)30(8-27-15)13-2-1-10(37-13)5-36-40(32)39-11-3-14(38-12(11)4-29-41(33,34)35)31-9-28-16-18(22)24-7-26-20(16)31/h6-14,29,40H,1-5H2,(H2,21,23,25)(H2,22,24,26)(H,33,34,35)/t10-,11-,12+,13+,14+/m0/s1. The van der Waals surface area contributed by atoms with Crippen LogP contribution in [0.15, 0.2) is 25.3 Å². The van der Waals surface area contributed by atoms with Gasteiger partial charge in [0.25, 0.3) is 0 Å². The van der Waals surface area contributed by atoms with Crippen molar-refractivity contribution in [2.24, 2.45) is 0 Å². The number of nitrogens with zero attached hydrogens (tertiary/aromatic N) is 8. The van der Waals surface area contributed by atoms with E-state index in [0.717, 1.165) is 0 Å². The number of nitrogens with two attached hydrogens (primary N) is 2. The van der Waals surface area contributed by atoms with E-state index in [9.17, 15) is 13.0 Å². The summed E-state index contributed by atoms with van der Waals surface area (Å²) < 4.78 is 73.0. The predicted octanol–water partition coefficient (Wildman–Crippen LogP) is -0.0204. The molecule has 0 saturated carbocycles. The van der Waals surface area contributed by atoms with Gasteiger partial charge in [0, 0.05) is 13.0 Å². The highest BCUT2D eigenvalue weighted by Crippen LogP contribution is 2.39. The summed E-state index contributed by atoms with van der Waals surface area (Å²) in [6, 6.07) is 0. The van der Waals surface area contributed by atoms with Gasteiger partial charge in [-0.05, 0) is 12.8 Å². The monoisotopic (exact) mass is 611 g/mol. The average molecular weight is 612 g/mol. The molecule has 6 heterocycles. The van der Waals surface area contributed by atoms with E-state index in [4.69, 9.17) is 34.5 Å². The van der Waals surface area contributed by atoms with Crippen LogP contribution in [0.2, 0.25) is 0 Å². The van der Waals surface area contributed by atoms with Crippen LogP contribution in [-0.4, -0.2) is 83.5 Å². The lowest BCUT2D eigenvalue weighted by atomic mass is 10.2. The summed E-state index contributed by atoms with van der Waals surface area (Å²) in [5, 5.41) is 0. The minimum atomic E-state index is -4.52. The predicted molar refractivity (Wildman–Crippen MR) is 141 cm³/mol. The number of anilines is 2. The minimum Gasteiger partial charge on any atom is -0.382 e. The molecule has 21 heteroatoms. The van der Waals surface area contributed by atoms with Crippen molar-refractivity contribution in [1.29, 1.82) is 0 Å². The third kappa shape index (κ3) is 5.86. The molecule has 4 aromatic heterocycles. The highest BCUT2D eigenvalue weighted by atomic mass is 32.2. The molecule has 0 bridgehead atoms. The van der Waals surface area contributed by atoms with Gasteiger partial charge in [0.1, 0.15) is 42.2 Å². The molecule has 2 fully saturated rings. The van der Waals surface area contributed by atoms with Gasteiger partial charge in [-0.3, -0.25) is 18.3 Å². The summed E-state index contributed by atoms with van der Waals surface area (Å²) in [6.07, 6.45) is 3.81. The zero-order valence-electron chi connectivity index (χ0n) is 21.2. The first-order valence-corrected chi connectivity index (χ1v) is 15.0. The first kappa shape index (κ1) is 27.8. The number of rotatable bonds is 10. The van der Waals surface area contributed by atoms with Crippen molar-refractivity contribution in [3.63, 3.8) is 0 Å². The second-order valence-electron chi connectivity index (χ2n) is 9.36. The smallest absolute Gasteiger partial charge is 0.333 e. The molecule has 19 nitrogen and oxygen atoms in total. The Kier molecular flexibility index (Phi) is 7.55. The van der Waals surface area contributed by atoms with E-state index in [1.54, 1.807) is 15.5 Å². The molecule has 2 aliphatic rings. The van der Waals surface area contributed by atoms with Crippen LogP contribution >= 0.6 is 8.25 Å². The molecule has 0 spiro atoms. The summed E-state index contributed by atoms with van der Waals surface area (Å²) in [5.41, 5.74) is 13.5. The molecule has 1 unspecified atom stereocenters. The minimum absolute atomic E-state index is 0.00859. The molecule has 6 N–H and O–H groups in total. The molecule has 41 heavy (non-hydrogen) atoms. The normalized spacial score (nSPS) is 25.8. The van der Waals surface area contributed by atoms with Gasteiger partial charge in [-0.1, -0.05) is 0 Å². The number of nitrogen functional groups attached to an aromatic ring is 2. The van der Waals surface area contributed by atoms with Gasteiger partial charge in [-0.25, -0.2) is 29.9 Å². The molecule has 4 aromatic rings. The molecule has 0 aliphatic carbocycles. The zero-order chi connectivity index (χ0) is 28.7. The van der Waals surface area contributed by atoms with Gasteiger partial charge < -0.3 is 30.0 Å². The van der Waals surface area contributed by atoms with Gasteiger partial charge in [-0.15, -0.1) is 0 Å². The van der Waals surface area contributed by atoms with Gasteiger partial charge in [0.05, 0.1) is 31.5 Å². The lowest BCUT2D eigenvalue weighted by molar-refractivity contribution is -0.0228. The van der Waals surface area contributed by atoms with Crippen LogP contribution in [0.4, 0.5) is 11.6 Å². The third-order valence-electron chi connectivity index (χ3n) is 6.76. The van der Waals surface area contributed by atoms with E-state index in [2.05, 4.69) is 29.9 Å². The fourth-order valence-electron chi connectivity index (χ4n) is 4.86. The summed E-state index contributed by atoms with van der Waals surface area (Å²) in [4.78, 5) is 24.7. The lowest BCUT2D eigenvalue weighted by Gasteiger charge is -2.19. The maximum absolute atomic E-state index is 12.8.